The van der Waals surface area contributed by atoms with Crippen LogP contribution in [0.2, 0.25) is 0 Å². The summed E-state index contributed by atoms with van der Waals surface area (Å²) in [6, 6.07) is 34.9. The summed E-state index contributed by atoms with van der Waals surface area (Å²) >= 11 is 0. The van der Waals surface area contributed by atoms with Gasteiger partial charge in [0.1, 0.15) is 11.5 Å². The molecule has 0 amide bonds. The molecule has 51 heavy (non-hydrogen) atoms. The highest BCUT2D eigenvalue weighted by molar-refractivity contribution is 5.65. The highest BCUT2D eigenvalue weighted by Crippen LogP contribution is 2.25. The average molecular weight is 689 g/mol. The van der Waals surface area contributed by atoms with E-state index in [0.717, 1.165) is 37.6 Å². The lowest BCUT2D eigenvalue weighted by atomic mass is 10.0. The molecule has 0 radical (unpaired) electrons. The van der Waals surface area contributed by atoms with E-state index in [0.29, 0.717) is 0 Å². The Morgan fingerprint density at radius 3 is 1.04 bits per heavy atom. The lowest BCUT2D eigenvalue weighted by Crippen LogP contribution is -1.99. The number of hydrogen-bond donors (Lipinski definition) is 0. The maximum absolute atomic E-state index is 6.04. The number of unbranched alkanes of at least 4 members (excludes halogenated alkanes) is 18. The van der Waals surface area contributed by atoms with Crippen LogP contribution < -0.4 is 9.47 Å². The molecule has 0 spiro atoms. The fraction of sp³-hybridized carbons (Fsp3) is 0.510. The van der Waals surface area contributed by atoms with Gasteiger partial charge in [-0.2, -0.15) is 0 Å². The van der Waals surface area contributed by atoms with Gasteiger partial charge in [-0.25, -0.2) is 0 Å². The summed E-state index contributed by atoms with van der Waals surface area (Å²) in [5.74, 6) is 1.92. The second-order valence-electron chi connectivity index (χ2n) is 14.8. The zero-order valence-electron chi connectivity index (χ0n) is 32.3. The Balaban J connectivity index is 0.959. The third-order valence-electron chi connectivity index (χ3n) is 10.3. The van der Waals surface area contributed by atoms with E-state index in [-0.39, 0.29) is 0 Å². The van der Waals surface area contributed by atoms with E-state index in [4.69, 9.17) is 9.47 Å². The van der Waals surface area contributed by atoms with Gasteiger partial charge in [0, 0.05) is 0 Å². The van der Waals surface area contributed by atoms with Crippen LogP contribution in [0.15, 0.2) is 97.1 Å². The molecule has 0 saturated carbocycles. The van der Waals surface area contributed by atoms with Gasteiger partial charge in [0.25, 0.3) is 0 Å². The maximum Gasteiger partial charge on any atom is 0.119 e. The molecule has 0 aliphatic heterocycles. The molecule has 0 aromatic heterocycles. The van der Waals surface area contributed by atoms with Gasteiger partial charge in [0.2, 0.25) is 0 Å². The van der Waals surface area contributed by atoms with Gasteiger partial charge in [-0.3, -0.25) is 0 Å². The maximum atomic E-state index is 6.04. The average Bonchev–Trinajstić information content (AvgIpc) is 3.17. The molecule has 4 rings (SSSR count). The second kappa shape index (κ2) is 25.4. The van der Waals surface area contributed by atoms with Gasteiger partial charge in [0.05, 0.1) is 13.2 Å². The van der Waals surface area contributed by atoms with Crippen molar-refractivity contribution in [1.82, 2.24) is 0 Å². The molecule has 0 saturated heterocycles. The molecule has 0 aliphatic rings. The minimum Gasteiger partial charge on any atom is -0.494 e. The van der Waals surface area contributed by atoms with E-state index in [1.165, 1.54) is 155 Å². The highest BCUT2D eigenvalue weighted by Gasteiger charge is 2.03. The summed E-state index contributed by atoms with van der Waals surface area (Å²) in [5, 5.41) is 0. The fourth-order valence-corrected chi connectivity index (χ4v) is 6.91. The Hall–Kier alpha value is -3.52. The Morgan fingerprint density at radius 1 is 0.333 bits per heavy atom. The van der Waals surface area contributed by atoms with Crippen LogP contribution in [0.1, 0.15) is 146 Å². The summed E-state index contributed by atoms with van der Waals surface area (Å²) in [5.41, 5.74) is 7.76. The van der Waals surface area contributed by atoms with Crippen molar-refractivity contribution in [2.75, 3.05) is 13.2 Å². The van der Waals surface area contributed by atoms with E-state index in [9.17, 15) is 0 Å². The Morgan fingerprint density at radius 2 is 0.647 bits per heavy atom. The smallest absolute Gasteiger partial charge is 0.119 e. The molecule has 0 bridgehead atoms. The van der Waals surface area contributed by atoms with Gasteiger partial charge in [-0.1, -0.05) is 194 Å². The molecule has 4 aromatic carbocycles. The van der Waals surface area contributed by atoms with Crippen LogP contribution >= 0.6 is 0 Å². The summed E-state index contributed by atoms with van der Waals surface area (Å²) in [7, 11) is 0. The molecule has 276 valence electrons. The van der Waals surface area contributed by atoms with Gasteiger partial charge >= 0.3 is 0 Å². The predicted molar refractivity (Wildman–Crippen MR) is 221 cm³/mol. The van der Waals surface area contributed by atoms with Crippen molar-refractivity contribution in [1.29, 1.82) is 0 Å². The van der Waals surface area contributed by atoms with Crippen molar-refractivity contribution in [2.24, 2.45) is 0 Å². The lowest BCUT2D eigenvalue weighted by molar-refractivity contribution is 0.293. The molecule has 0 heterocycles. The van der Waals surface area contributed by atoms with Crippen molar-refractivity contribution < 1.29 is 9.47 Å². The Kier molecular flexibility index (Phi) is 20.1. The standard InChI is InChI=1S/C49H68O2/c1-3-4-5-6-7-8-9-10-11-12-13-14-15-17-20-23-43-26-30-45(31-27-43)47-34-38-49(39-35-47)51-41-22-19-16-18-21-40-50-48-36-32-46(33-37-48)44-28-24-42(2)25-29-44/h24-39H,3-23,40-41H2,1-2H3. The van der Waals surface area contributed by atoms with Crippen molar-refractivity contribution in [2.45, 2.75) is 149 Å². The fourth-order valence-electron chi connectivity index (χ4n) is 6.91. The first-order valence-corrected chi connectivity index (χ1v) is 20.8. The number of aryl methyl sites for hydroxylation is 2. The number of ether oxygens (including phenoxy) is 2. The Bertz CT molecular complexity index is 1400. The van der Waals surface area contributed by atoms with Crippen LogP contribution in [-0.4, -0.2) is 13.2 Å². The van der Waals surface area contributed by atoms with Gasteiger partial charge in [-0.05, 0) is 84.7 Å². The molecular weight excluding hydrogens is 621 g/mol. The second-order valence-corrected chi connectivity index (χ2v) is 14.8. The monoisotopic (exact) mass is 689 g/mol. The molecule has 2 heteroatoms. The highest BCUT2D eigenvalue weighted by atomic mass is 16.5. The lowest BCUT2D eigenvalue weighted by Gasteiger charge is -2.09. The van der Waals surface area contributed by atoms with Crippen LogP contribution in [0.5, 0.6) is 11.5 Å². The zero-order chi connectivity index (χ0) is 35.6. The molecular formula is C49H68O2. The first-order valence-electron chi connectivity index (χ1n) is 20.8. The first kappa shape index (κ1) is 40.3. The minimum atomic E-state index is 0.773. The summed E-state index contributed by atoms with van der Waals surface area (Å²) < 4.78 is 12.0. The van der Waals surface area contributed by atoms with E-state index in [1.807, 2.05) is 0 Å². The molecule has 0 fully saturated rings. The van der Waals surface area contributed by atoms with Gasteiger partial charge < -0.3 is 9.47 Å². The molecule has 0 aliphatic carbocycles. The number of hydrogen-bond acceptors (Lipinski definition) is 2. The van der Waals surface area contributed by atoms with Gasteiger partial charge in [-0.15, -0.1) is 0 Å². The van der Waals surface area contributed by atoms with Crippen LogP contribution in [0.3, 0.4) is 0 Å². The topological polar surface area (TPSA) is 18.5 Å². The molecule has 4 aromatic rings. The van der Waals surface area contributed by atoms with Crippen LogP contribution in [0.4, 0.5) is 0 Å². The largest absolute Gasteiger partial charge is 0.494 e. The quantitative estimate of drug-likeness (QED) is 0.0553. The molecule has 0 unspecified atom stereocenters. The van der Waals surface area contributed by atoms with E-state index >= 15 is 0 Å². The summed E-state index contributed by atoms with van der Waals surface area (Å²) in [6.45, 7) is 5.97. The predicted octanol–water partition coefficient (Wildman–Crippen LogP) is 15.2. The van der Waals surface area contributed by atoms with E-state index < -0.39 is 0 Å². The minimum absolute atomic E-state index is 0.773. The van der Waals surface area contributed by atoms with Crippen LogP contribution in [-0.2, 0) is 6.42 Å². The number of rotatable bonds is 28. The van der Waals surface area contributed by atoms with Crippen LogP contribution in [0, 0.1) is 6.92 Å². The first-order chi connectivity index (χ1) is 25.2. The summed E-state index contributed by atoms with van der Waals surface area (Å²) in [4.78, 5) is 0. The molecule has 0 atom stereocenters. The SMILES string of the molecule is CCCCCCCCCCCCCCCCCc1ccc(-c2ccc(OCCCCCCCOc3ccc(-c4ccc(C)cc4)cc3)cc2)cc1. The third-order valence-corrected chi connectivity index (χ3v) is 10.3. The zero-order valence-corrected chi connectivity index (χ0v) is 32.3. The molecule has 2 nitrogen and oxygen atoms in total. The van der Waals surface area contributed by atoms with Gasteiger partial charge in [0.15, 0.2) is 0 Å². The molecule has 0 N–H and O–H groups in total. The third kappa shape index (κ3) is 17.0. The normalized spacial score (nSPS) is 11.2. The van der Waals surface area contributed by atoms with E-state index in [1.54, 1.807) is 0 Å². The Labute approximate surface area is 312 Å². The van der Waals surface area contributed by atoms with Crippen LogP contribution in [0.25, 0.3) is 22.3 Å². The summed E-state index contributed by atoms with van der Waals surface area (Å²) in [6.07, 6.45) is 28.3. The van der Waals surface area contributed by atoms with Crippen molar-refractivity contribution >= 4 is 0 Å². The number of benzene rings is 4. The van der Waals surface area contributed by atoms with E-state index in [2.05, 4.69) is 111 Å². The van der Waals surface area contributed by atoms with Crippen molar-refractivity contribution in [3.05, 3.63) is 108 Å². The van der Waals surface area contributed by atoms with Crippen molar-refractivity contribution in [3.8, 4) is 33.8 Å². The van der Waals surface area contributed by atoms with Crippen molar-refractivity contribution in [3.63, 3.8) is 0 Å².